The lowest BCUT2D eigenvalue weighted by atomic mass is 10.2. The molecule has 2 aliphatic rings. The smallest absolute Gasteiger partial charge is 0.409 e. The minimum atomic E-state index is -0.218. The summed E-state index contributed by atoms with van der Waals surface area (Å²) in [6, 6.07) is 0.503. The highest BCUT2D eigenvalue weighted by atomic mass is 127. The third-order valence-electron chi connectivity index (χ3n) is 5.41. The van der Waals surface area contributed by atoms with Crippen LogP contribution in [0, 0.1) is 0 Å². The number of nitrogens with one attached hydrogen (secondary N) is 1. The molecule has 9 nitrogen and oxygen atoms in total. The molecule has 3 rings (SSSR count). The zero-order valence-electron chi connectivity index (χ0n) is 17.5. The predicted octanol–water partition coefficient (Wildman–Crippen LogP) is 2.12. The van der Waals surface area contributed by atoms with E-state index >= 15 is 0 Å². The number of ether oxygens (including phenoxy) is 1. The minimum Gasteiger partial charge on any atom is -0.450 e. The number of nitrogens with zero attached hydrogens (tertiary/aromatic N) is 6. The molecule has 0 spiro atoms. The first-order valence-corrected chi connectivity index (χ1v) is 10.6. The maximum Gasteiger partial charge on any atom is 0.409 e. The lowest BCUT2D eigenvalue weighted by Gasteiger charge is -2.36. The van der Waals surface area contributed by atoms with E-state index in [4.69, 9.17) is 9.73 Å². The lowest BCUT2D eigenvalue weighted by Crippen LogP contribution is -2.55. The molecule has 164 valence electrons. The summed E-state index contributed by atoms with van der Waals surface area (Å²) in [4.78, 5) is 20.9. The highest BCUT2D eigenvalue weighted by Gasteiger charge is 2.25. The molecule has 0 atom stereocenters. The topological polar surface area (TPSA) is 87.9 Å². The van der Waals surface area contributed by atoms with Gasteiger partial charge in [-0.1, -0.05) is 19.8 Å². The Kier molecular flexibility index (Phi) is 9.95. The fourth-order valence-corrected chi connectivity index (χ4v) is 3.81. The Morgan fingerprint density at radius 2 is 1.90 bits per heavy atom. The van der Waals surface area contributed by atoms with Crippen molar-refractivity contribution in [2.75, 3.05) is 39.3 Å². The van der Waals surface area contributed by atoms with Gasteiger partial charge in [0.25, 0.3) is 0 Å². The van der Waals surface area contributed by atoms with Crippen LogP contribution in [0.15, 0.2) is 11.3 Å². The second-order valence-electron chi connectivity index (χ2n) is 7.30. The number of carbonyl (C=O) groups is 1. The molecular formula is C19H34IN7O2. The molecule has 1 aliphatic heterocycles. The Balaban J connectivity index is 0.00000300. The van der Waals surface area contributed by atoms with Crippen molar-refractivity contribution in [2.45, 2.75) is 58.5 Å². The van der Waals surface area contributed by atoms with E-state index in [-0.39, 0.29) is 30.1 Å². The van der Waals surface area contributed by atoms with Gasteiger partial charge in [0.2, 0.25) is 0 Å². The summed E-state index contributed by atoms with van der Waals surface area (Å²) in [5.41, 5.74) is 0. The summed E-state index contributed by atoms with van der Waals surface area (Å²) < 4.78 is 7.19. The van der Waals surface area contributed by atoms with Gasteiger partial charge in [-0.15, -0.1) is 34.2 Å². The summed E-state index contributed by atoms with van der Waals surface area (Å²) in [7, 11) is 0. The van der Waals surface area contributed by atoms with Crippen LogP contribution < -0.4 is 5.32 Å². The molecule has 1 N–H and O–H groups in total. The zero-order chi connectivity index (χ0) is 19.8. The number of aliphatic imine (C=N–C) groups is 1. The Morgan fingerprint density at radius 1 is 1.21 bits per heavy atom. The van der Waals surface area contributed by atoms with Gasteiger partial charge in [-0.05, 0) is 19.8 Å². The van der Waals surface area contributed by atoms with E-state index in [1.807, 2.05) is 6.92 Å². The average Bonchev–Trinajstić information content (AvgIpc) is 3.39. The van der Waals surface area contributed by atoms with Gasteiger partial charge in [0.1, 0.15) is 12.2 Å². The Hall–Kier alpha value is -1.59. The van der Waals surface area contributed by atoms with E-state index in [0.29, 0.717) is 32.3 Å². The normalized spacial score (nSPS) is 17.9. The van der Waals surface area contributed by atoms with Crippen LogP contribution in [0.2, 0.25) is 0 Å². The number of hydrogen-bond donors (Lipinski definition) is 1. The van der Waals surface area contributed by atoms with Gasteiger partial charge in [-0.25, -0.2) is 4.79 Å². The van der Waals surface area contributed by atoms with Crippen LogP contribution in [-0.4, -0.2) is 82.0 Å². The quantitative estimate of drug-likeness (QED) is 0.352. The van der Waals surface area contributed by atoms with Crippen molar-refractivity contribution < 1.29 is 9.53 Å². The Bertz CT molecular complexity index is 653. The number of piperazine rings is 1. The van der Waals surface area contributed by atoms with E-state index < -0.39 is 0 Å². The number of carbonyl (C=O) groups excluding carboxylic acids is 1. The second-order valence-corrected chi connectivity index (χ2v) is 7.30. The van der Waals surface area contributed by atoms with E-state index in [1.54, 1.807) is 11.2 Å². The molecule has 0 bridgehead atoms. The number of guanidine groups is 1. The van der Waals surface area contributed by atoms with E-state index in [0.717, 1.165) is 37.8 Å². The van der Waals surface area contributed by atoms with Crippen LogP contribution in [0.5, 0.6) is 0 Å². The number of amides is 1. The molecule has 1 saturated carbocycles. The largest absolute Gasteiger partial charge is 0.450 e. The van der Waals surface area contributed by atoms with Crippen molar-refractivity contribution in [3.05, 3.63) is 12.2 Å². The minimum absolute atomic E-state index is 0. The second kappa shape index (κ2) is 12.2. The van der Waals surface area contributed by atoms with Crippen LogP contribution >= 0.6 is 24.0 Å². The molecule has 2 fully saturated rings. The molecular weight excluding hydrogens is 485 g/mol. The lowest BCUT2D eigenvalue weighted by molar-refractivity contribution is 0.0913. The predicted molar refractivity (Wildman–Crippen MR) is 123 cm³/mol. The first-order valence-electron chi connectivity index (χ1n) is 10.6. The number of halogens is 1. The summed E-state index contributed by atoms with van der Waals surface area (Å²) in [5.74, 6) is 1.95. The van der Waals surface area contributed by atoms with E-state index in [9.17, 15) is 4.79 Å². The van der Waals surface area contributed by atoms with Crippen LogP contribution in [0.1, 0.15) is 45.4 Å². The molecule has 1 saturated heterocycles. The number of aryl methyl sites for hydroxylation is 1. The SMILES string of the molecule is CCOC(=O)N1CCN(C(=NCCn2cnnc2CC)NC2CCCC2)CC1.I. The molecule has 1 aromatic heterocycles. The number of hydrogen-bond acceptors (Lipinski definition) is 5. The van der Waals surface area contributed by atoms with Crippen LogP contribution in [0.3, 0.4) is 0 Å². The van der Waals surface area contributed by atoms with Crippen LogP contribution in [-0.2, 0) is 17.7 Å². The van der Waals surface area contributed by atoms with Crippen molar-refractivity contribution in [3.8, 4) is 0 Å². The summed E-state index contributed by atoms with van der Waals surface area (Å²) >= 11 is 0. The summed E-state index contributed by atoms with van der Waals surface area (Å²) in [6.45, 7) is 8.65. The number of rotatable bonds is 6. The standard InChI is InChI=1S/C19H33N7O2.HI/c1-3-17-23-21-15-26(17)10-9-20-18(22-16-7-5-6-8-16)24-11-13-25(14-12-24)19(27)28-4-2;/h15-16H,3-14H2,1-2H3,(H,20,22);1H. The zero-order valence-corrected chi connectivity index (χ0v) is 19.9. The maximum absolute atomic E-state index is 11.9. The molecule has 0 radical (unpaired) electrons. The molecule has 1 amide bonds. The van der Waals surface area contributed by atoms with Gasteiger partial charge in [0, 0.05) is 45.2 Å². The van der Waals surface area contributed by atoms with Gasteiger partial charge in [-0.2, -0.15) is 0 Å². The monoisotopic (exact) mass is 519 g/mol. The molecule has 0 aromatic carbocycles. The first-order chi connectivity index (χ1) is 13.7. The molecule has 1 aromatic rings. The molecule has 2 heterocycles. The van der Waals surface area contributed by atoms with Crippen molar-refractivity contribution in [1.82, 2.24) is 29.9 Å². The fraction of sp³-hybridized carbons (Fsp3) is 0.789. The Morgan fingerprint density at radius 3 is 2.55 bits per heavy atom. The first kappa shape index (κ1) is 23.7. The third kappa shape index (κ3) is 6.71. The van der Waals surface area contributed by atoms with Gasteiger partial charge in [0.15, 0.2) is 5.96 Å². The average molecular weight is 519 g/mol. The van der Waals surface area contributed by atoms with Crippen molar-refractivity contribution in [3.63, 3.8) is 0 Å². The van der Waals surface area contributed by atoms with Crippen molar-refractivity contribution in [1.29, 1.82) is 0 Å². The van der Waals surface area contributed by atoms with Gasteiger partial charge < -0.3 is 24.4 Å². The third-order valence-corrected chi connectivity index (χ3v) is 5.41. The molecule has 10 heteroatoms. The number of aromatic nitrogens is 3. The highest BCUT2D eigenvalue weighted by Crippen LogP contribution is 2.18. The van der Waals surface area contributed by atoms with Crippen molar-refractivity contribution >= 4 is 36.0 Å². The molecule has 0 unspecified atom stereocenters. The van der Waals surface area contributed by atoms with Crippen molar-refractivity contribution in [2.24, 2.45) is 4.99 Å². The van der Waals surface area contributed by atoms with Gasteiger partial charge >= 0.3 is 6.09 Å². The van der Waals surface area contributed by atoms with Gasteiger partial charge in [0.05, 0.1) is 13.2 Å². The van der Waals surface area contributed by atoms with Crippen LogP contribution in [0.25, 0.3) is 0 Å². The highest BCUT2D eigenvalue weighted by molar-refractivity contribution is 14.0. The molecule has 29 heavy (non-hydrogen) atoms. The van der Waals surface area contributed by atoms with Gasteiger partial charge in [-0.3, -0.25) is 4.99 Å². The van der Waals surface area contributed by atoms with E-state index in [1.165, 1.54) is 25.7 Å². The van der Waals surface area contributed by atoms with Crippen LogP contribution in [0.4, 0.5) is 4.79 Å². The van der Waals surface area contributed by atoms with E-state index in [2.05, 4.69) is 31.9 Å². The summed E-state index contributed by atoms with van der Waals surface area (Å²) in [6.07, 6.45) is 7.39. The summed E-state index contributed by atoms with van der Waals surface area (Å²) in [5, 5.41) is 11.8. The Labute approximate surface area is 190 Å². The fourth-order valence-electron chi connectivity index (χ4n) is 3.81. The molecule has 1 aliphatic carbocycles. The maximum atomic E-state index is 11.9.